The van der Waals surface area contributed by atoms with Crippen molar-refractivity contribution in [2.24, 2.45) is 0 Å². The number of halogens is 2. The van der Waals surface area contributed by atoms with Crippen LogP contribution in [0.1, 0.15) is 66.2 Å². The lowest BCUT2D eigenvalue weighted by molar-refractivity contribution is -0.0498. The number of nitrogens with zero attached hydrogens (tertiary/aromatic N) is 5. The molecule has 0 aliphatic heterocycles. The van der Waals surface area contributed by atoms with Crippen molar-refractivity contribution in [2.45, 2.75) is 63.1 Å². The van der Waals surface area contributed by atoms with Crippen molar-refractivity contribution in [3.8, 4) is 5.75 Å². The number of hydrogen-bond donors (Lipinski definition) is 3. The summed E-state index contributed by atoms with van der Waals surface area (Å²) in [7, 11) is 0. The van der Waals surface area contributed by atoms with Gasteiger partial charge in [0.2, 0.25) is 0 Å². The van der Waals surface area contributed by atoms with Crippen LogP contribution in [-0.2, 0) is 6.54 Å². The quantitative estimate of drug-likeness (QED) is 0.188. The summed E-state index contributed by atoms with van der Waals surface area (Å²) in [6.45, 7) is -1.65. The third kappa shape index (κ3) is 6.57. The highest BCUT2D eigenvalue weighted by atomic mass is 19.3. The van der Waals surface area contributed by atoms with E-state index in [1.807, 2.05) is 24.5 Å². The summed E-state index contributed by atoms with van der Waals surface area (Å²) < 4.78 is 31.7. The van der Waals surface area contributed by atoms with Crippen molar-refractivity contribution < 1.29 is 13.5 Å². The lowest BCUT2D eigenvalue weighted by atomic mass is 9.81. The van der Waals surface area contributed by atoms with Crippen LogP contribution >= 0.6 is 0 Å². The van der Waals surface area contributed by atoms with Gasteiger partial charge in [0.1, 0.15) is 17.1 Å². The van der Waals surface area contributed by atoms with Crippen LogP contribution in [0.3, 0.4) is 0 Å². The van der Waals surface area contributed by atoms with E-state index in [4.69, 9.17) is 5.73 Å². The van der Waals surface area contributed by atoms with E-state index in [9.17, 15) is 8.78 Å². The van der Waals surface area contributed by atoms with Crippen molar-refractivity contribution in [3.05, 3.63) is 95.3 Å². The summed E-state index contributed by atoms with van der Waals surface area (Å²) in [5, 5.41) is 19.5. The van der Waals surface area contributed by atoms with E-state index < -0.39 is 6.61 Å². The zero-order valence-electron chi connectivity index (χ0n) is 23.2. The summed E-state index contributed by atoms with van der Waals surface area (Å²) in [6.07, 6.45) is 9.28. The molecule has 3 aromatic heterocycles. The Hall–Kier alpha value is -4.38. The number of ether oxygens (including phenoxy) is 1. The van der Waals surface area contributed by atoms with Gasteiger partial charge in [-0.3, -0.25) is 4.68 Å². The average Bonchev–Trinajstić information content (AvgIpc) is 3.65. The van der Waals surface area contributed by atoms with E-state index in [0.717, 1.165) is 42.5 Å². The van der Waals surface area contributed by atoms with Gasteiger partial charge >= 0.3 is 6.61 Å². The first-order valence-corrected chi connectivity index (χ1v) is 14.3. The van der Waals surface area contributed by atoms with Crippen LogP contribution in [0.2, 0.25) is 0 Å². The minimum Gasteiger partial charge on any atom is -0.435 e. The molecule has 3 heterocycles. The molecular weight excluding hydrogens is 538 g/mol. The number of hydrogen-bond acceptors (Lipinski definition) is 7. The lowest BCUT2D eigenvalue weighted by Gasteiger charge is -2.30. The van der Waals surface area contributed by atoms with Gasteiger partial charge in [0, 0.05) is 18.2 Å². The number of nitrogens with one attached hydrogen (secondary N) is 2. The zero-order chi connectivity index (χ0) is 28.9. The number of pyridine rings is 1. The summed E-state index contributed by atoms with van der Waals surface area (Å²) in [4.78, 5) is 4.34. The molecule has 1 aliphatic rings. The van der Waals surface area contributed by atoms with Crippen molar-refractivity contribution in [2.75, 3.05) is 12.3 Å². The second-order valence-electron chi connectivity index (χ2n) is 10.9. The molecule has 0 radical (unpaired) electrons. The molecule has 0 amide bonds. The topological polar surface area (TPSA) is 120 Å². The number of anilines is 1. The Kier molecular flexibility index (Phi) is 8.36. The van der Waals surface area contributed by atoms with Gasteiger partial charge < -0.3 is 15.8 Å². The molecule has 0 bridgehead atoms. The molecule has 1 aliphatic carbocycles. The first kappa shape index (κ1) is 27.8. The maximum atomic E-state index is 12.7. The largest absolute Gasteiger partial charge is 0.435 e. The Bertz CT molecular complexity index is 1600. The van der Waals surface area contributed by atoms with E-state index in [-0.39, 0.29) is 11.7 Å². The zero-order valence-corrected chi connectivity index (χ0v) is 23.2. The SMILES string of the molecule is Nc1cc([C@H](CCN[C@H]2CC[C@H](c3ccccc3)CC2)c2cnn(Cc3cccc(OC(F)F)c3)c2)c2nn[nH]c2n1. The second kappa shape index (κ2) is 12.6. The molecule has 11 heteroatoms. The molecule has 42 heavy (non-hydrogen) atoms. The predicted molar refractivity (Wildman–Crippen MR) is 156 cm³/mol. The highest BCUT2D eigenvalue weighted by molar-refractivity contribution is 5.77. The molecule has 218 valence electrons. The number of nitrogens with two attached hydrogens (primary N) is 1. The monoisotopic (exact) mass is 572 g/mol. The molecule has 1 saturated carbocycles. The number of H-pyrrole nitrogens is 1. The third-order valence-electron chi connectivity index (χ3n) is 8.11. The van der Waals surface area contributed by atoms with Crippen LogP contribution in [0.4, 0.5) is 14.6 Å². The number of aromatic nitrogens is 6. The summed E-state index contributed by atoms with van der Waals surface area (Å²) in [6, 6.07) is 19.8. The summed E-state index contributed by atoms with van der Waals surface area (Å²) >= 11 is 0. The summed E-state index contributed by atoms with van der Waals surface area (Å²) in [5.41, 5.74) is 11.6. The van der Waals surface area contributed by atoms with Gasteiger partial charge in [0.25, 0.3) is 0 Å². The molecular formula is C31H34F2N8O. The van der Waals surface area contributed by atoms with Crippen LogP contribution in [-0.4, -0.2) is 49.4 Å². The van der Waals surface area contributed by atoms with Crippen LogP contribution < -0.4 is 15.8 Å². The van der Waals surface area contributed by atoms with E-state index in [1.54, 1.807) is 16.8 Å². The van der Waals surface area contributed by atoms with Gasteiger partial charge in [0.15, 0.2) is 5.65 Å². The fraction of sp³-hybridized carbons (Fsp3) is 0.355. The van der Waals surface area contributed by atoms with E-state index in [1.165, 1.54) is 24.5 Å². The minimum absolute atomic E-state index is 0.0571. The fourth-order valence-corrected chi connectivity index (χ4v) is 6.09. The predicted octanol–water partition coefficient (Wildman–Crippen LogP) is 5.62. The van der Waals surface area contributed by atoms with Gasteiger partial charge in [-0.25, -0.2) is 10.1 Å². The van der Waals surface area contributed by atoms with Crippen LogP contribution in [0.5, 0.6) is 5.75 Å². The van der Waals surface area contributed by atoms with Gasteiger partial charge in [-0.2, -0.15) is 13.9 Å². The average molecular weight is 573 g/mol. The van der Waals surface area contributed by atoms with Gasteiger partial charge in [-0.05, 0) is 85.0 Å². The molecule has 9 nitrogen and oxygen atoms in total. The first-order valence-electron chi connectivity index (χ1n) is 14.3. The molecule has 1 atom stereocenters. The second-order valence-corrected chi connectivity index (χ2v) is 10.9. The Morgan fingerprint density at radius 3 is 2.69 bits per heavy atom. The van der Waals surface area contributed by atoms with Crippen molar-refractivity contribution in [3.63, 3.8) is 0 Å². The molecule has 2 aromatic carbocycles. The number of rotatable bonds is 11. The highest BCUT2D eigenvalue weighted by Gasteiger charge is 2.25. The Labute approximate surface area is 242 Å². The van der Waals surface area contributed by atoms with Gasteiger partial charge in [-0.15, -0.1) is 5.10 Å². The fourth-order valence-electron chi connectivity index (χ4n) is 6.09. The van der Waals surface area contributed by atoms with Crippen LogP contribution in [0.25, 0.3) is 11.2 Å². The molecule has 0 unspecified atom stereocenters. The Morgan fingerprint density at radius 1 is 1.05 bits per heavy atom. The van der Waals surface area contributed by atoms with Crippen LogP contribution in [0, 0.1) is 0 Å². The maximum absolute atomic E-state index is 12.7. The molecule has 6 rings (SSSR count). The van der Waals surface area contributed by atoms with E-state index in [2.05, 4.69) is 65.9 Å². The van der Waals surface area contributed by atoms with Crippen molar-refractivity contribution in [1.82, 2.24) is 35.5 Å². The maximum Gasteiger partial charge on any atom is 0.387 e. The number of benzene rings is 2. The van der Waals surface area contributed by atoms with E-state index >= 15 is 0 Å². The Morgan fingerprint density at radius 2 is 1.88 bits per heavy atom. The first-order chi connectivity index (χ1) is 20.5. The number of fused-ring (bicyclic) bond motifs is 1. The summed E-state index contributed by atoms with van der Waals surface area (Å²) in [5.74, 6) is 1.09. The van der Waals surface area contributed by atoms with Gasteiger partial charge in [-0.1, -0.05) is 47.7 Å². The van der Waals surface area contributed by atoms with Crippen LogP contribution in [0.15, 0.2) is 73.1 Å². The lowest BCUT2D eigenvalue weighted by Crippen LogP contribution is -2.34. The number of alkyl halides is 2. The minimum atomic E-state index is -2.87. The normalized spacial score (nSPS) is 18.0. The molecule has 0 spiro atoms. The molecule has 0 saturated heterocycles. The molecule has 5 aromatic rings. The van der Waals surface area contributed by atoms with Crippen molar-refractivity contribution in [1.29, 1.82) is 0 Å². The molecule has 1 fully saturated rings. The molecule has 4 N–H and O–H groups in total. The standard InChI is InChI=1S/C31H34F2N8O/c32-31(33)42-25-8-4-5-20(15-25)18-41-19-23(17-36-41)26(27-16-28(34)37-30-29(27)38-40-39-30)13-14-35-24-11-9-22(10-12-24)21-6-2-1-3-7-21/h1-8,15-17,19,22,24,26,31,35H,9-14,18H2,(H3,34,37,38,39,40)/t22-,24-,26-/m1/s1. The number of nitrogen functional groups attached to an aromatic ring is 1. The number of aromatic amines is 1. The Balaban J connectivity index is 1.16. The van der Waals surface area contributed by atoms with Gasteiger partial charge in [0.05, 0.1) is 12.7 Å². The van der Waals surface area contributed by atoms with E-state index in [0.29, 0.717) is 35.5 Å². The highest BCUT2D eigenvalue weighted by Crippen LogP contribution is 2.34. The third-order valence-corrected chi connectivity index (χ3v) is 8.11. The smallest absolute Gasteiger partial charge is 0.387 e. The van der Waals surface area contributed by atoms with Crippen molar-refractivity contribution >= 4 is 17.0 Å².